The van der Waals surface area contributed by atoms with Gasteiger partial charge in [0.2, 0.25) is 0 Å². The fraction of sp³-hybridized carbons (Fsp3) is 1.00. The van der Waals surface area contributed by atoms with Crippen LogP contribution in [-0.4, -0.2) is 30.6 Å². The van der Waals surface area contributed by atoms with E-state index in [0.717, 1.165) is 0 Å². The van der Waals surface area contributed by atoms with Gasteiger partial charge in [0.1, 0.15) is 19.3 Å². The molecule has 0 spiro atoms. The Kier molecular flexibility index (Phi) is 8.08. The molecule has 0 saturated heterocycles. The van der Waals surface area contributed by atoms with Gasteiger partial charge in [-0.05, 0) is 0 Å². The molecule has 0 bridgehead atoms. The molecule has 0 heterocycles. The monoisotopic (exact) mass is 374 g/mol. The molecule has 0 amide bonds. The highest BCUT2D eigenvalue weighted by atomic mass is 35.5. The highest BCUT2D eigenvalue weighted by molar-refractivity contribution is 6.53. The van der Waals surface area contributed by atoms with Crippen LogP contribution in [0.4, 0.5) is 0 Å². The Morgan fingerprint density at radius 3 is 1.00 bits per heavy atom. The third-order valence-corrected chi connectivity index (χ3v) is 4.63. The van der Waals surface area contributed by atoms with Gasteiger partial charge in [-0.3, -0.25) is 0 Å². The lowest BCUT2D eigenvalue weighted by Crippen LogP contribution is -2.53. The standard InChI is InChI=1S/C6H6Cl8O/c7-2(8)1(15)6(3(9)10,4(11)12)5(13)14/h1-5,15H. The highest BCUT2D eigenvalue weighted by Crippen LogP contribution is 2.50. The summed E-state index contributed by atoms with van der Waals surface area (Å²) < 4.78 is 0. The molecule has 1 nitrogen and oxygen atoms in total. The van der Waals surface area contributed by atoms with Gasteiger partial charge in [-0.15, -0.1) is 92.8 Å². The van der Waals surface area contributed by atoms with Crippen molar-refractivity contribution in [3.63, 3.8) is 0 Å². The predicted molar refractivity (Wildman–Crippen MR) is 70.4 cm³/mol. The lowest BCUT2D eigenvalue weighted by molar-refractivity contribution is 0.0630. The van der Waals surface area contributed by atoms with E-state index in [1.165, 1.54) is 0 Å². The van der Waals surface area contributed by atoms with E-state index in [9.17, 15) is 5.11 Å². The third-order valence-electron chi connectivity index (χ3n) is 1.88. The number of hydrogen-bond acceptors (Lipinski definition) is 1. The van der Waals surface area contributed by atoms with Crippen LogP contribution in [0.2, 0.25) is 0 Å². The number of rotatable bonds is 5. The maximum atomic E-state index is 9.78. The largest absolute Gasteiger partial charge is 0.389 e. The van der Waals surface area contributed by atoms with Crippen LogP contribution >= 0.6 is 92.8 Å². The molecule has 1 N–H and O–H groups in total. The molecule has 15 heavy (non-hydrogen) atoms. The van der Waals surface area contributed by atoms with Gasteiger partial charge in [0.25, 0.3) is 0 Å². The molecule has 0 aromatic carbocycles. The lowest BCUT2D eigenvalue weighted by atomic mass is 9.88. The molecule has 0 aliphatic carbocycles. The number of aliphatic hydroxyl groups is 1. The fourth-order valence-electron chi connectivity index (χ4n) is 0.891. The van der Waals surface area contributed by atoms with Crippen LogP contribution in [0.3, 0.4) is 0 Å². The van der Waals surface area contributed by atoms with E-state index in [4.69, 9.17) is 92.8 Å². The Labute approximate surface area is 128 Å². The first-order chi connectivity index (χ1) is 6.68. The van der Waals surface area contributed by atoms with Crippen molar-refractivity contribution in [3.05, 3.63) is 0 Å². The van der Waals surface area contributed by atoms with Gasteiger partial charge in [0.05, 0.1) is 11.5 Å². The molecular weight excluding hydrogens is 372 g/mol. The number of hydrogen-bond donors (Lipinski definition) is 1. The second-order valence-corrected chi connectivity index (χ2v) is 7.13. The SMILES string of the molecule is OC(C(Cl)Cl)C(C(Cl)Cl)(C(Cl)Cl)C(Cl)Cl. The summed E-state index contributed by atoms with van der Waals surface area (Å²) in [5.41, 5.74) is -1.64. The normalized spacial score (nSPS) is 15.8. The Hall–Kier alpha value is 2.28. The van der Waals surface area contributed by atoms with Crippen molar-refractivity contribution >= 4 is 92.8 Å². The maximum Gasteiger partial charge on any atom is 0.134 e. The Bertz CT molecular complexity index is 172. The van der Waals surface area contributed by atoms with Gasteiger partial charge >= 0.3 is 0 Å². The zero-order valence-electron chi connectivity index (χ0n) is 6.86. The van der Waals surface area contributed by atoms with Crippen LogP contribution < -0.4 is 0 Å². The average Bonchev–Trinajstić information content (AvgIpc) is 2.02. The van der Waals surface area contributed by atoms with E-state index in [0.29, 0.717) is 0 Å². The molecule has 0 fully saturated rings. The van der Waals surface area contributed by atoms with Crippen LogP contribution in [0.25, 0.3) is 0 Å². The van der Waals surface area contributed by atoms with E-state index in [1.807, 2.05) is 0 Å². The molecule has 92 valence electrons. The molecule has 0 aromatic rings. The first-order valence-electron chi connectivity index (χ1n) is 3.49. The Morgan fingerprint density at radius 2 is 0.933 bits per heavy atom. The molecule has 1 unspecified atom stereocenters. The van der Waals surface area contributed by atoms with Gasteiger partial charge in [-0.2, -0.15) is 0 Å². The Morgan fingerprint density at radius 1 is 0.667 bits per heavy atom. The van der Waals surface area contributed by atoms with E-state index in [-0.39, 0.29) is 0 Å². The molecule has 0 aromatic heterocycles. The second-order valence-electron chi connectivity index (χ2n) is 2.68. The first kappa shape index (κ1) is 17.3. The van der Waals surface area contributed by atoms with Gasteiger partial charge in [0.15, 0.2) is 0 Å². The molecule has 1 atom stereocenters. The van der Waals surface area contributed by atoms with Gasteiger partial charge in [-0.25, -0.2) is 0 Å². The summed E-state index contributed by atoms with van der Waals surface area (Å²) >= 11 is 45.1. The van der Waals surface area contributed by atoms with E-state index < -0.39 is 30.9 Å². The van der Waals surface area contributed by atoms with Crippen LogP contribution in [0.5, 0.6) is 0 Å². The zero-order valence-corrected chi connectivity index (χ0v) is 12.9. The van der Waals surface area contributed by atoms with E-state index >= 15 is 0 Å². The van der Waals surface area contributed by atoms with Crippen LogP contribution in [0, 0.1) is 5.41 Å². The van der Waals surface area contributed by atoms with Crippen LogP contribution in [-0.2, 0) is 0 Å². The highest BCUT2D eigenvalue weighted by Gasteiger charge is 2.55. The topological polar surface area (TPSA) is 20.2 Å². The van der Waals surface area contributed by atoms with Crippen molar-refractivity contribution in [2.75, 3.05) is 0 Å². The number of alkyl halides is 8. The smallest absolute Gasteiger partial charge is 0.134 e. The van der Waals surface area contributed by atoms with E-state index in [1.54, 1.807) is 0 Å². The summed E-state index contributed by atoms with van der Waals surface area (Å²) in [4.78, 5) is -4.96. The van der Waals surface area contributed by atoms with Crippen molar-refractivity contribution in [2.45, 2.75) is 25.4 Å². The quantitative estimate of drug-likeness (QED) is 0.697. The molecule has 0 radical (unpaired) electrons. The molecule has 9 heteroatoms. The minimum absolute atomic E-state index is 1.23. The van der Waals surface area contributed by atoms with Gasteiger partial charge in [-0.1, -0.05) is 0 Å². The van der Waals surface area contributed by atoms with Crippen molar-refractivity contribution in [1.82, 2.24) is 0 Å². The summed E-state index contributed by atoms with van der Waals surface area (Å²) in [6.07, 6.45) is -1.47. The molecule has 0 rings (SSSR count). The van der Waals surface area contributed by atoms with Gasteiger partial charge < -0.3 is 5.11 Å². The second kappa shape index (κ2) is 7.01. The van der Waals surface area contributed by atoms with Crippen molar-refractivity contribution in [3.8, 4) is 0 Å². The maximum absolute atomic E-state index is 9.78. The fourth-order valence-corrected chi connectivity index (χ4v) is 4.39. The summed E-state index contributed by atoms with van der Waals surface area (Å²) in [5, 5.41) is 9.78. The third kappa shape index (κ3) is 3.62. The molecule has 0 aliphatic heterocycles. The predicted octanol–water partition coefficient (Wildman–Crippen LogP) is 4.55. The summed E-state index contributed by atoms with van der Waals surface area (Å²) in [6, 6.07) is 0. The minimum Gasteiger partial charge on any atom is -0.389 e. The molecular formula is C6H6Cl8O. The summed E-state index contributed by atoms with van der Waals surface area (Å²) in [5.74, 6) is 0. The van der Waals surface area contributed by atoms with Crippen LogP contribution in [0.1, 0.15) is 0 Å². The van der Waals surface area contributed by atoms with Crippen LogP contribution in [0.15, 0.2) is 0 Å². The number of aliphatic hydroxyl groups excluding tert-OH is 1. The van der Waals surface area contributed by atoms with Gasteiger partial charge in [0, 0.05) is 0 Å². The summed E-state index contributed by atoms with van der Waals surface area (Å²) in [6.45, 7) is 0. The summed E-state index contributed by atoms with van der Waals surface area (Å²) in [7, 11) is 0. The lowest BCUT2D eigenvalue weighted by Gasteiger charge is -2.41. The van der Waals surface area contributed by atoms with Crippen molar-refractivity contribution in [1.29, 1.82) is 0 Å². The number of halogens is 8. The average molecular weight is 378 g/mol. The van der Waals surface area contributed by atoms with Crippen molar-refractivity contribution < 1.29 is 5.11 Å². The minimum atomic E-state index is -1.64. The first-order valence-corrected chi connectivity index (χ1v) is 6.98. The molecule has 0 saturated carbocycles. The molecule has 0 aliphatic rings. The van der Waals surface area contributed by atoms with E-state index in [2.05, 4.69) is 0 Å². The van der Waals surface area contributed by atoms with Crippen molar-refractivity contribution in [2.24, 2.45) is 5.41 Å². The zero-order chi connectivity index (χ0) is 12.4. The Balaban J connectivity index is 5.32.